The van der Waals surface area contributed by atoms with Crippen LogP contribution in [0.15, 0.2) is 30.6 Å². The topological polar surface area (TPSA) is 90.5 Å². The molecule has 1 aromatic heterocycles. The molecule has 0 aliphatic carbocycles. The summed E-state index contributed by atoms with van der Waals surface area (Å²) in [6.45, 7) is 4.78. The van der Waals surface area contributed by atoms with Gasteiger partial charge < -0.3 is 9.64 Å². The fraction of sp³-hybridized carbons (Fsp3) is 0.412. The summed E-state index contributed by atoms with van der Waals surface area (Å²) in [5, 5.41) is 15.7. The van der Waals surface area contributed by atoms with Crippen LogP contribution in [0.1, 0.15) is 29.8 Å². The van der Waals surface area contributed by atoms with Gasteiger partial charge in [-0.25, -0.2) is 0 Å². The molecule has 0 bridgehead atoms. The second kappa shape index (κ2) is 6.29. The highest BCUT2D eigenvalue weighted by Gasteiger charge is 2.37. The van der Waals surface area contributed by atoms with Crippen LogP contribution in [0.4, 0.5) is 11.4 Å². The van der Waals surface area contributed by atoms with Crippen molar-refractivity contribution in [3.05, 3.63) is 51.8 Å². The second-order valence-corrected chi connectivity index (χ2v) is 6.42. The van der Waals surface area contributed by atoms with Gasteiger partial charge in [0.05, 0.1) is 24.3 Å². The zero-order valence-corrected chi connectivity index (χ0v) is 14.4. The number of nitrogens with zero attached hydrogens (tertiary/aromatic N) is 4. The van der Waals surface area contributed by atoms with E-state index in [0.29, 0.717) is 30.9 Å². The maximum atomic E-state index is 11.5. The number of carbonyl (C=O) groups is 1. The molecular formula is C17H20N4O4. The smallest absolute Gasteiger partial charge is 0.293 e. The van der Waals surface area contributed by atoms with Crippen LogP contribution in [0, 0.1) is 10.1 Å². The van der Waals surface area contributed by atoms with Crippen molar-refractivity contribution < 1.29 is 14.5 Å². The number of Topliss-reactive ketones (excluding diaryl/α,β-unsaturated/α-hetero) is 1. The molecule has 0 radical (unpaired) electrons. The number of aryl methyl sites for hydroxylation is 1. The van der Waals surface area contributed by atoms with Crippen molar-refractivity contribution in [2.75, 3.05) is 24.6 Å². The van der Waals surface area contributed by atoms with Crippen LogP contribution < -0.4 is 4.90 Å². The number of anilines is 1. The lowest BCUT2D eigenvalue weighted by molar-refractivity contribution is -0.384. The zero-order valence-electron chi connectivity index (χ0n) is 14.4. The molecule has 25 heavy (non-hydrogen) atoms. The Morgan fingerprint density at radius 3 is 2.80 bits per heavy atom. The van der Waals surface area contributed by atoms with E-state index in [1.165, 1.54) is 13.0 Å². The fourth-order valence-corrected chi connectivity index (χ4v) is 3.10. The van der Waals surface area contributed by atoms with Gasteiger partial charge in [-0.15, -0.1) is 0 Å². The Bertz CT molecular complexity index is 832. The minimum absolute atomic E-state index is 0.0665. The number of ether oxygens (including phenoxy) is 1. The van der Waals surface area contributed by atoms with Crippen molar-refractivity contribution in [2.45, 2.75) is 19.4 Å². The normalized spacial score (nSPS) is 20.5. The van der Waals surface area contributed by atoms with E-state index < -0.39 is 10.5 Å². The van der Waals surface area contributed by atoms with Gasteiger partial charge in [-0.1, -0.05) is 0 Å². The Kier molecular flexibility index (Phi) is 4.30. The number of ketones is 1. The highest BCUT2D eigenvalue weighted by molar-refractivity contribution is 5.95. The molecule has 1 unspecified atom stereocenters. The van der Waals surface area contributed by atoms with E-state index in [4.69, 9.17) is 4.74 Å². The van der Waals surface area contributed by atoms with Crippen LogP contribution in [0.3, 0.4) is 0 Å². The van der Waals surface area contributed by atoms with Crippen LogP contribution in [0.25, 0.3) is 0 Å². The van der Waals surface area contributed by atoms with E-state index in [1.54, 1.807) is 23.0 Å². The van der Waals surface area contributed by atoms with Crippen molar-refractivity contribution in [2.24, 2.45) is 7.05 Å². The monoisotopic (exact) mass is 344 g/mol. The minimum Gasteiger partial charge on any atom is -0.367 e. The van der Waals surface area contributed by atoms with Crippen LogP contribution >= 0.6 is 0 Å². The maximum Gasteiger partial charge on any atom is 0.293 e. The van der Waals surface area contributed by atoms with E-state index >= 15 is 0 Å². The molecule has 1 atom stereocenters. The summed E-state index contributed by atoms with van der Waals surface area (Å²) in [6.07, 6.45) is 3.63. The lowest BCUT2D eigenvalue weighted by Gasteiger charge is -2.41. The third kappa shape index (κ3) is 3.25. The Labute approximate surface area is 145 Å². The highest BCUT2D eigenvalue weighted by atomic mass is 16.6. The first kappa shape index (κ1) is 17.1. The summed E-state index contributed by atoms with van der Waals surface area (Å²) in [4.78, 5) is 24.5. The second-order valence-electron chi connectivity index (χ2n) is 6.42. The summed E-state index contributed by atoms with van der Waals surface area (Å²) >= 11 is 0. The number of rotatable bonds is 4. The van der Waals surface area contributed by atoms with E-state index in [1.807, 2.05) is 25.1 Å². The van der Waals surface area contributed by atoms with Gasteiger partial charge in [0.1, 0.15) is 11.3 Å². The molecule has 0 saturated carbocycles. The minimum atomic E-state index is -0.611. The summed E-state index contributed by atoms with van der Waals surface area (Å²) in [7, 11) is 1.83. The first-order valence-corrected chi connectivity index (χ1v) is 7.97. The van der Waals surface area contributed by atoms with Crippen molar-refractivity contribution in [3.63, 3.8) is 0 Å². The molecule has 2 aromatic rings. The van der Waals surface area contributed by atoms with Crippen LogP contribution in [-0.2, 0) is 17.4 Å². The van der Waals surface area contributed by atoms with Crippen LogP contribution in [0.5, 0.6) is 0 Å². The molecule has 0 amide bonds. The van der Waals surface area contributed by atoms with Crippen molar-refractivity contribution >= 4 is 17.2 Å². The average molecular weight is 344 g/mol. The average Bonchev–Trinajstić information content (AvgIpc) is 3.01. The summed E-state index contributed by atoms with van der Waals surface area (Å²) in [5.41, 5.74) is 1.07. The van der Waals surface area contributed by atoms with Gasteiger partial charge in [0, 0.05) is 37.0 Å². The molecule has 1 aliphatic heterocycles. The quantitative estimate of drug-likeness (QED) is 0.480. The van der Waals surface area contributed by atoms with Crippen molar-refractivity contribution in [3.8, 4) is 0 Å². The van der Waals surface area contributed by atoms with E-state index in [-0.39, 0.29) is 11.5 Å². The number of nitro benzene ring substituents is 1. The molecule has 8 heteroatoms. The fourth-order valence-electron chi connectivity index (χ4n) is 3.10. The third-order valence-corrected chi connectivity index (χ3v) is 4.51. The zero-order chi connectivity index (χ0) is 18.2. The lowest BCUT2D eigenvalue weighted by Crippen LogP contribution is -2.48. The number of nitro groups is 1. The summed E-state index contributed by atoms with van der Waals surface area (Å²) < 4.78 is 7.66. The van der Waals surface area contributed by atoms with Gasteiger partial charge in [0.15, 0.2) is 5.78 Å². The number of aromatic nitrogens is 2. The molecule has 1 aromatic carbocycles. The van der Waals surface area contributed by atoms with Crippen LogP contribution in [0.2, 0.25) is 0 Å². The third-order valence-electron chi connectivity index (χ3n) is 4.51. The molecule has 0 N–H and O–H groups in total. The molecule has 1 saturated heterocycles. The Hall–Kier alpha value is -2.74. The van der Waals surface area contributed by atoms with Gasteiger partial charge in [-0.3, -0.25) is 19.6 Å². The lowest BCUT2D eigenvalue weighted by atomic mass is 9.96. The Morgan fingerprint density at radius 1 is 1.44 bits per heavy atom. The maximum absolute atomic E-state index is 11.5. The number of benzene rings is 1. The molecule has 132 valence electrons. The number of morpholine rings is 1. The molecule has 8 nitrogen and oxygen atoms in total. The largest absolute Gasteiger partial charge is 0.367 e. The van der Waals surface area contributed by atoms with E-state index in [2.05, 4.69) is 5.10 Å². The van der Waals surface area contributed by atoms with Crippen LogP contribution in [-0.4, -0.2) is 40.2 Å². The van der Waals surface area contributed by atoms with Crippen molar-refractivity contribution in [1.82, 2.24) is 9.78 Å². The van der Waals surface area contributed by atoms with E-state index in [9.17, 15) is 14.9 Å². The van der Waals surface area contributed by atoms with Crippen molar-refractivity contribution in [1.29, 1.82) is 0 Å². The molecule has 3 rings (SSSR count). The standard InChI is InChI=1S/C17H20N4O4/c1-12(22)13-4-5-15(16(8-13)21(23)24)20-6-7-25-17(2,11-20)14-9-18-19(3)10-14/h4-5,8-10H,6-7,11H2,1-3H3. The Morgan fingerprint density at radius 2 is 2.20 bits per heavy atom. The predicted octanol–water partition coefficient (Wildman–Crippen LogP) is 2.28. The number of carbonyl (C=O) groups excluding carboxylic acids is 1. The molecule has 0 spiro atoms. The predicted molar refractivity (Wildman–Crippen MR) is 91.8 cm³/mol. The SMILES string of the molecule is CC(=O)c1ccc(N2CCOC(C)(c3cnn(C)c3)C2)c([N+](=O)[O-])c1. The number of hydrogen-bond donors (Lipinski definition) is 0. The number of hydrogen-bond acceptors (Lipinski definition) is 6. The van der Waals surface area contributed by atoms with Gasteiger partial charge in [0.2, 0.25) is 0 Å². The molecule has 1 aliphatic rings. The van der Waals surface area contributed by atoms with Gasteiger partial charge in [0.25, 0.3) is 5.69 Å². The van der Waals surface area contributed by atoms with E-state index in [0.717, 1.165) is 5.56 Å². The first-order chi connectivity index (χ1) is 11.8. The highest BCUT2D eigenvalue weighted by Crippen LogP contribution is 2.36. The Balaban J connectivity index is 1.96. The van der Waals surface area contributed by atoms with Gasteiger partial charge in [-0.05, 0) is 26.0 Å². The summed E-state index contributed by atoms with van der Waals surface area (Å²) in [6, 6.07) is 4.61. The summed E-state index contributed by atoms with van der Waals surface area (Å²) in [5.74, 6) is -0.197. The molecular weight excluding hydrogens is 324 g/mol. The molecule has 1 fully saturated rings. The van der Waals surface area contributed by atoms with Gasteiger partial charge in [-0.2, -0.15) is 5.10 Å². The van der Waals surface area contributed by atoms with Gasteiger partial charge >= 0.3 is 0 Å². The first-order valence-electron chi connectivity index (χ1n) is 7.97. The molecule has 2 heterocycles.